The molecule has 1 aliphatic rings. The topological polar surface area (TPSA) is 50.4 Å². The molecule has 0 heterocycles. The fourth-order valence-electron chi connectivity index (χ4n) is 2.64. The lowest BCUT2D eigenvalue weighted by atomic mass is 9.96. The van der Waals surface area contributed by atoms with Gasteiger partial charge < -0.3 is 15.4 Å². The lowest BCUT2D eigenvalue weighted by Gasteiger charge is -2.22. The van der Waals surface area contributed by atoms with Gasteiger partial charge in [-0.25, -0.2) is 4.79 Å². The van der Waals surface area contributed by atoms with E-state index in [1.807, 2.05) is 0 Å². The van der Waals surface area contributed by atoms with E-state index >= 15 is 0 Å². The molecule has 0 radical (unpaired) electrons. The number of urea groups is 1. The fourth-order valence-corrected chi connectivity index (χ4v) is 2.64. The van der Waals surface area contributed by atoms with Gasteiger partial charge in [-0.2, -0.15) is 8.78 Å². The van der Waals surface area contributed by atoms with Crippen molar-refractivity contribution in [3.8, 4) is 5.75 Å². The monoisotopic (exact) mass is 312 g/mol. The van der Waals surface area contributed by atoms with Gasteiger partial charge in [0, 0.05) is 12.6 Å². The van der Waals surface area contributed by atoms with E-state index in [1.54, 1.807) is 12.1 Å². The van der Waals surface area contributed by atoms with Gasteiger partial charge in [-0.05, 0) is 37.0 Å². The van der Waals surface area contributed by atoms with Crippen LogP contribution in [0.25, 0.3) is 0 Å². The van der Waals surface area contributed by atoms with Crippen molar-refractivity contribution in [2.24, 2.45) is 0 Å². The van der Waals surface area contributed by atoms with Gasteiger partial charge in [0.05, 0.1) is 0 Å². The molecule has 6 heteroatoms. The highest BCUT2D eigenvalue weighted by atomic mass is 19.3. The fraction of sp³-hybridized carbons (Fsp3) is 0.562. The zero-order valence-corrected chi connectivity index (χ0v) is 12.5. The Bertz CT molecular complexity index is 460. The van der Waals surface area contributed by atoms with Crippen LogP contribution >= 0.6 is 0 Å². The maximum atomic E-state index is 12.0. The Morgan fingerprint density at radius 1 is 1.18 bits per heavy atom. The minimum Gasteiger partial charge on any atom is -0.435 e. The van der Waals surface area contributed by atoms with Gasteiger partial charge in [-0.3, -0.25) is 0 Å². The van der Waals surface area contributed by atoms with Crippen LogP contribution in [-0.2, 0) is 6.42 Å². The molecule has 1 fully saturated rings. The number of carbonyl (C=O) groups excluding carboxylic acids is 1. The summed E-state index contributed by atoms with van der Waals surface area (Å²) in [7, 11) is 0. The van der Waals surface area contributed by atoms with Crippen molar-refractivity contribution in [3.63, 3.8) is 0 Å². The summed E-state index contributed by atoms with van der Waals surface area (Å²) in [6.07, 6.45) is 6.37. The third-order valence-corrected chi connectivity index (χ3v) is 3.79. The van der Waals surface area contributed by atoms with E-state index in [1.165, 1.54) is 31.4 Å². The second kappa shape index (κ2) is 8.56. The molecule has 4 nitrogen and oxygen atoms in total. The number of rotatable bonds is 6. The number of alkyl halides is 2. The normalized spacial score (nSPS) is 15.6. The maximum absolute atomic E-state index is 12.0. The van der Waals surface area contributed by atoms with Crippen LogP contribution in [-0.4, -0.2) is 25.2 Å². The van der Waals surface area contributed by atoms with Crippen molar-refractivity contribution < 1.29 is 18.3 Å². The molecule has 0 aliphatic heterocycles. The summed E-state index contributed by atoms with van der Waals surface area (Å²) in [5.41, 5.74) is 0.958. The molecule has 0 unspecified atom stereocenters. The van der Waals surface area contributed by atoms with E-state index in [0.717, 1.165) is 18.4 Å². The van der Waals surface area contributed by atoms with Crippen LogP contribution in [0.15, 0.2) is 24.3 Å². The van der Waals surface area contributed by atoms with Gasteiger partial charge in [0.25, 0.3) is 0 Å². The van der Waals surface area contributed by atoms with E-state index in [2.05, 4.69) is 15.4 Å². The summed E-state index contributed by atoms with van der Waals surface area (Å²) >= 11 is 0. The van der Waals surface area contributed by atoms with Crippen molar-refractivity contribution in [2.45, 2.75) is 51.2 Å². The number of hydrogen-bond acceptors (Lipinski definition) is 2. The van der Waals surface area contributed by atoms with Crippen LogP contribution in [0.4, 0.5) is 13.6 Å². The Kier molecular flexibility index (Phi) is 6.43. The molecule has 0 bridgehead atoms. The Hall–Kier alpha value is -1.85. The van der Waals surface area contributed by atoms with Crippen LogP contribution in [0.2, 0.25) is 0 Å². The minimum atomic E-state index is -2.81. The molecule has 22 heavy (non-hydrogen) atoms. The Balaban J connectivity index is 1.66. The lowest BCUT2D eigenvalue weighted by Crippen LogP contribution is -2.43. The summed E-state index contributed by atoms with van der Waals surface area (Å²) in [6.45, 7) is -2.30. The maximum Gasteiger partial charge on any atom is 0.387 e. The highest BCUT2D eigenvalue weighted by Crippen LogP contribution is 2.17. The standard InChI is InChI=1S/C16H22F2N2O2/c17-15(18)22-14-8-6-12(7-9-14)10-11-19-16(21)20-13-4-2-1-3-5-13/h6-9,13,15H,1-5,10-11H2,(H2,19,20,21). The molecule has 0 aromatic heterocycles. The summed E-state index contributed by atoms with van der Waals surface area (Å²) < 4.78 is 28.3. The molecule has 0 saturated heterocycles. The summed E-state index contributed by atoms with van der Waals surface area (Å²) in [6, 6.07) is 6.61. The van der Waals surface area contributed by atoms with E-state index in [4.69, 9.17) is 0 Å². The molecule has 2 N–H and O–H groups in total. The number of hydrogen-bond donors (Lipinski definition) is 2. The first kappa shape index (κ1) is 16.5. The third kappa shape index (κ3) is 5.87. The second-order valence-corrected chi connectivity index (χ2v) is 5.51. The van der Waals surface area contributed by atoms with Crippen LogP contribution in [0.1, 0.15) is 37.7 Å². The van der Waals surface area contributed by atoms with Gasteiger partial charge in [-0.15, -0.1) is 0 Å². The smallest absolute Gasteiger partial charge is 0.387 e. The molecule has 2 amide bonds. The number of nitrogens with one attached hydrogen (secondary N) is 2. The zero-order chi connectivity index (χ0) is 15.8. The molecule has 122 valence electrons. The van der Waals surface area contributed by atoms with E-state index in [0.29, 0.717) is 19.0 Å². The Labute approximate surface area is 129 Å². The SMILES string of the molecule is O=C(NCCc1ccc(OC(F)F)cc1)NC1CCCCC1. The molecule has 1 aromatic carbocycles. The number of carbonyl (C=O) groups is 1. The molecule has 0 spiro atoms. The number of ether oxygens (including phenoxy) is 1. The number of benzene rings is 1. The lowest BCUT2D eigenvalue weighted by molar-refractivity contribution is -0.0498. The first-order valence-electron chi connectivity index (χ1n) is 7.71. The predicted octanol–water partition coefficient (Wildman–Crippen LogP) is 3.46. The average molecular weight is 312 g/mol. The predicted molar refractivity (Wildman–Crippen MR) is 80.2 cm³/mol. The van der Waals surface area contributed by atoms with Crippen LogP contribution in [0, 0.1) is 0 Å². The average Bonchev–Trinajstić information content (AvgIpc) is 2.49. The highest BCUT2D eigenvalue weighted by molar-refractivity contribution is 5.74. The summed E-state index contributed by atoms with van der Waals surface area (Å²) in [5, 5.41) is 5.81. The Morgan fingerprint density at radius 3 is 2.50 bits per heavy atom. The molecule has 1 aliphatic carbocycles. The van der Waals surface area contributed by atoms with Crippen molar-refractivity contribution >= 4 is 6.03 Å². The van der Waals surface area contributed by atoms with Gasteiger partial charge >= 0.3 is 12.6 Å². The van der Waals surface area contributed by atoms with Gasteiger partial charge in [0.15, 0.2) is 0 Å². The first-order valence-corrected chi connectivity index (χ1v) is 7.71. The van der Waals surface area contributed by atoms with Crippen molar-refractivity contribution in [1.29, 1.82) is 0 Å². The molecule has 0 atom stereocenters. The van der Waals surface area contributed by atoms with Gasteiger partial charge in [0.2, 0.25) is 0 Å². The highest BCUT2D eigenvalue weighted by Gasteiger charge is 2.15. The van der Waals surface area contributed by atoms with Gasteiger partial charge in [0.1, 0.15) is 5.75 Å². The molecule has 2 rings (SSSR count). The quantitative estimate of drug-likeness (QED) is 0.845. The molecule has 1 saturated carbocycles. The van der Waals surface area contributed by atoms with Crippen LogP contribution < -0.4 is 15.4 Å². The van der Waals surface area contributed by atoms with Gasteiger partial charge in [-0.1, -0.05) is 31.4 Å². The number of halogens is 2. The minimum absolute atomic E-state index is 0.135. The molecular weight excluding hydrogens is 290 g/mol. The first-order chi connectivity index (χ1) is 10.6. The largest absolute Gasteiger partial charge is 0.435 e. The van der Waals surface area contributed by atoms with Crippen LogP contribution in [0.5, 0.6) is 5.75 Å². The third-order valence-electron chi connectivity index (χ3n) is 3.79. The van der Waals surface area contributed by atoms with Crippen molar-refractivity contribution in [1.82, 2.24) is 10.6 Å². The summed E-state index contributed by atoms with van der Waals surface area (Å²) in [5.74, 6) is 0.141. The van der Waals surface area contributed by atoms with Crippen molar-refractivity contribution in [2.75, 3.05) is 6.54 Å². The van der Waals surface area contributed by atoms with E-state index in [9.17, 15) is 13.6 Å². The van der Waals surface area contributed by atoms with E-state index in [-0.39, 0.29) is 11.8 Å². The molecule has 1 aromatic rings. The Morgan fingerprint density at radius 2 is 1.86 bits per heavy atom. The van der Waals surface area contributed by atoms with Crippen LogP contribution in [0.3, 0.4) is 0 Å². The molecular formula is C16H22F2N2O2. The van der Waals surface area contributed by atoms with E-state index < -0.39 is 6.61 Å². The van der Waals surface area contributed by atoms with Crippen molar-refractivity contribution in [3.05, 3.63) is 29.8 Å². The second-order valence-electron chi connectivity index (χ2n) is 5.51. The zero-order valence-electron chi connectivity index (χ0n) is 12.5. The number of amides is 2. The summed E-state index contributed by atoms with van der Waals surface area (Å²) in [4.78, 5) is 11.8.